The second kappa shape index (κ2) is 7.47. The molecular weight excluding hydrogens is 341 g/mol. The second-order valence-corrected chi connectivity index (χ2v) is 6.70. The van der Waals surface area contributed by atoms with E-state index in [1.807, 2.05) is 27.2 Å². The number of carbonyl (C=O) groups excluding carboxylic acids is 1. The van der Waals surface area contributed by atoms with E-state index in [0.717, 1.165) is 18.4 Å². The van der Waals surface area contributed by atoms with E-state index in [1.54, 1.807) is 11.5 Å². The number of nitrogens with zero attached hydrogens (tertiary/aromatic N) is 3. The van der Waals surface area contributed by atoms with Gasteiger partial charge in [-0.2, -0.15) is 0 Å². The molecule has 1 aromatic heterocycles. The van der Waals surface area contributed by atoms with Crippen molar-refractivity contribution < 1.29 is 25.9 Å². The first kappa shape index (κ1) is 19.7. The van der Waals surface area contributed by atoms with E-state index in [-0.39, 0.29) is 40.2 Å². The number of rotatable bonds is 3. The molecule has 6 nitrogen and oxygen atoms in total. The van der Waals surface area contributed by atoms with Crippen LogP contribution in [0.4, 0.5) is 0 Å². The minimum absolute atomic E-state index is 0. The third kappa shape index (κ3) is 4.34. The Morgan fingerprint density at radius 1 is 1.57 bits per heavy atom. The average Bonchev–Trinajstić information content (AvgIpc) is 2.41. The Morgan fingerprint density at radius 2 is 2.22 bits per heavy atom. The van der Waals surface area contributed by atoms with Crippen LogP contribution in [0, 0.1) is 0 Å². The lowest BCUT2D eigenvalue weighted by atomic mass is 10.0. The first-order chi connectivity index (χ1) is 10.2. The van der Waals surface area contributed by atoms with E-state index in [1.165, 1.54) is 6.20 Å². The van der Waals surface area contributed by atoms with E-state index in [0.29, 0.717) is 5.82 Å². The molecule has 0 bridgehead atoms. The smallest absolute Gasteiger partial charge is 0.345 e. The zero-order valence-corrected chi connectivity index (χ0v) is 15.2. The number of fused-ring (bicyclic) bond motifs is 1. The minimum atomic E-state index is -0.632. The highest BCUT2D eigenvalue weighted by molar-refractivity contribution is 6.07. The van der Waals surface area contributed by atoms with Crippen molar-refractivity contribution in [1.82, 2.24) is 9.55 Å². The Labute approximate surface area is 146 Å². The number of halogens is 2. The zero-order valence-electron chi connectivity index (χ0n) is 13.7. The average molecular weight is 362 g/mol. The van der Waals surface area contributed by atoms with E-state index < -0.39 is 5.97 Å². The summed E-state index contributed by atoms with van der Waals surface area (Å²) < 4.78 is 6.60. The third-order valence-electron chi connectivity index (χ3n) is 3.51. The summed E-state index contributed by atoms with van der Waals surface area (Å²) in [6.07, 6.45) is 4.74. The molecule has 2 rings (SSSR count). The molecule has 0 saturated heterocycles. The van der Waals surface area contributed by atoms with Gasteiger partial charge in [0.1, 0.15) is 17.6 Å². The normalized spacial score (nSPS) is 19.0. The summed E-state index contributed by atoms with van der Waals surface area (Å²) in [5.41, 5.74) is 0.519. The van der Waals surface area contributed by atoms with Crippen molar-refractivity contribution in [3.8, 4) is 0 Å². The van der Waals surface area contributed by atoms with Crippen LogP contribution in [0.5, 0.6) is 0 Å². The predicted octanol–water partition coefficient (Wildman–Crippen LogP) is -0.650. The van der Waals surface area contributed by atoms with E-state index >= 15 is 0 Å². The van der Waals surface area contributed by atoms with Gasteiger partial charge in [0.05, 0.1) is 20.7 Å². The van der Waals surface area contributed by atoms with Crippen LogP contribution in [-0.2, 0) is 4.74 Å². The van der Waals surface area contributed by atoms with Gasteiger partial charge >= 0.3 is 5.97 Å². The molecule has 1 aliphatic heterocycles. The molecule has 0 radical (unpaired) electrons. The van der Waals surface area contributed by atoms with Crippen LogP contribution < -0.4 is 18.0 Å². The fourth-order valence-electron chi connectivity index (χ4n) is 2.56. The Balaban J connectivity index is 0.00000264. The number of carbonyl (C=O) groups is 1. The summed E-state index contributed by atoms with van der Waals surface area (Å²) in [5, 5.41) is 0. The quantitative estimate of drug-likeness (QED) is 0.530. The zero-order chi connectivity index (χ0) is 16.5. The summed E-state index contributed by atoms with van der Waals surface area (Å²) in [4.78, 5) is 28.8. The fourth-order valence-corrected chi connectivity index (χ4v) is 2.68. The monoisotopic (exact) mass is 361 g/mol. The minimum Gasteiger partial charge on any atom is -1.00 e. The maximum absolute atomic E-state index is 12.6. The first-order valence-electron chi connectivity index (χ1n) is 7.28. The highest BCUT2D eigenvalue weighted by Gasteiger charge is 2.28. The third-order valence-corrected chi connectivity index (χ3v) is 3.61. The summed E-state index contributed by atoms with van der Waals surface area (Å²) >= 11 is 6.20. The van der Waals surface area contributed by atoms with Crippen molar-refractivity contribution in [2.75, 3.05) is 20.7 Å². The van der Waals surface area contributed by atoms with Crippen molar-refractivity contribution in [3.05, 3.63) is 34.1 Å². The van der Waals surface area contributed by atoms with Crippen molar-refractivity contribution >= 4 is 23.3 Å². The summed E-state index contributed by atoms with van der Waals surface area (Å²) in [5.74, 6) is -0.0595. The molecule has 23 heavy (non-hydrogen) atoms. The molecule has 128 valence electrons. The van der Waals surface area contributed by atoms with Crippen molar-refractivity contribution in [3.63, 3.8) is 0 Å². The van der Waals surface area contributed by atoms with Crippen LogP contribution in [0.2, 0.25) is 0 Å². The second-order valence-electron chi connectivity index (χ2n) is 5.83. The van der Waals surface area contributed by atoms with E-state index in [2.05, 4.69) is 4.98 Å². The molecule has 8 heteroatoms. The van der Waals surface area contributed by atoms with E-state index in [4.69, 9.17) is 16.5 Å². The van der Waals surface area contributed by atoms with Crippen LogP contribution in [-0.4, -0.2) is 40.2 Å². The molecule has 0 amide bonds. The SMILES string of the molecule is CCOC(=O)c1cnc2n(c1=O)C(C)CC/C2=C\[N+](C)(C)Cl.[Cl-]. The van der Waals surface area contributed by atoms with Gasteiger partial charge in [-0.15, -0.1) is 0 Å². The molecule has 0 fully saturated rings. The Morgan fingerprint density at radius 3 is 2.78 bits per heavy atom. The molecule has 1 unspecified atom stereocenters. The van der Waals surface area contributed by atoms with Gasteiger partial charge in [0.15, 0.2) is 11.8 Å². The van der Waals surface area contributed by atoms with Gasteiger partial charge in [-0.05, 0) is 26.7 Å². The lowest BCUT2D eigenvalue weighted by Gasteiger charge is -2.27. The lowest BCUT2D eigenvalue weighted by Crippen LogP contribution is -3.00. The lowest BCUT2D eigenvalue weighted by molar-refractivity contribution is -0.712. The highest BCUT2D eigenvalue weighted by Crippen LogP contribution is 2.31. The molecule has 0 aromatic carbocycles. The standard InChI is InChI=1S/C15H21ClN3O3.ClH/c1-5-22-15(21)12-8-17-13-11(9-19(3,4)16)7-6-10(2)18(13)14(12)20;/h8-10H,5-7H2,1-4H3;1H/q+1;/p-1/b11-9+;. The van der Waals surface area contributed by atoms with Crippen molar-refractivity contribution in [2.45, 2.75) is 32.7 Å². The molecule has 0 aliphatic carbocycles. The Hall–Kier alpha value is -1.37. The van der Waals surface area contributed by atoms with Gasteiger partial charge in [-0.3, -0.25) is 9.36 Å². The molecule has 2 heterocycles. The summed E-state index contributed by atoms with van der Waals surface area (Å²) in [7, 11) is 3.64. The van der Waals surface area contributed by atoms with Crippen LogP contribution in [0.3, 0.4) is 0 Å². The van der Waals surface area contributed by atoms with Gasteiger partial charge in [-0.25, -0.2) is 13.8 Å². The van der Waals surface area contributed by atoms with Crippen molar-refractivity contribution in [1.29, 1.82) is 0 Å². The number of quaternary nitrogens is 1. The largest absolute Gasteiger partial charge is 1.00 e. The van der Waals surface area contributed by atoms with Gasteiger partial charge in [-0.1, -0.05) is 0 Å². The van der Waals surface area contributed by atoms with Gasteiger partial charge < -0.3 is 17.1 Å². The van der Waals surface area contributed by atoms with Gasteiger partial charge in [0, 0.05) is 17.8 Å². The molecule has 0 spiro atoms. The first-order valence-corrected chi connectivity index (χ1v) is 7.62. The molecule has 1 aliphatic rings. The Bertz CT molecular complexity index is 678. The number of hydrogen-bond donors (Lipinski definition) is 0. The number of aromatic nitrogens is 2. The number of hydrogen-bond acceptors (Lipinski definition) is 4. The maximum atomic E-state index is 12.6. The molecule has 0 N–H and O–H groups in total. The van der Waals surface area contributed by atoms with Crippen LogP contribution in [0.25, 0.3) is 5.57 Å². The summed E-state index contributed by atoms with van der Waals surface area (Å²) in [6.45, 7) is 3.86. The molecular formula is C15H21Cl2N3O3. The van der Waals surface area contributed by atoms with Gasteiger partial charge in [0.2, 0.25) is 0 Å². The number of ether oxygens (including phenoxy) is 1. The molecule has 1 atom stereocenters. The van der Waals surface area contributed by atoms with Crippen LogP contribution >= 0.6 is 11.8 Å². The van der Waals surface area contributed by atoms with Crippen LogP contribution in [0.15, 0.2) is 17.2 Å². The maximum Gasteiger partial charge on any atom is 0.345 e. The predicted molar refractivity (Wildman–Crippen MR) is 84.3 cm³/mol. The molecule has 0 saturated carbocycles. The van der Waals surface area contributed by atoms with Gasteiger partial charge in [0.25, 0.3) is 5.56 Å². The number of esters is 1. The Kier molecular flexibility index (Phi) is 6.39. The molecule has 1 aromatic rings. The van der Waals surface area contributed by atoms with E-state index in [9.17, 15) is 9.59 Å². The number of allylic oxidation sites excluding steroid dienone is 1. The fraction of sp³-hybridized carbons (Fsp3) is 0.533. The van der Waals surface area contributed by atoms with Crippen molar-refractivity contribution in [2.24, 2.45) is 0 Å². The summed E-state index contributed by atoms with van der Waals surface area (Å²) in [6, 6.07) is -0.0209. The highest BCUT2D eigenvalue weighted by atomic mass is 35.5. The topological polar surface area (TPSA) is 61.2 Å². The van der Waals surface area contributed by atoms with Crippen LogP contribution in [0.1, 0.15) is 48.9 Å².